The zero-order valence-electron chi connectivity index (χ0n) is 28.8. The van der Waals surface area contributed by atoms with E-state index in [-0.39, 0.29) is 0 Å². The van der Waals surface area contributed by atoms with Gasteiger partial charge in [0.05, 0.1) is 40.0 Å². The van der Waals surface area contributed by atoms with E-state index in [0.717, 1.165) is 47.4 Å². The molecule has 1 aliphatic carbocycles. The molecule has 0 unspecified atom stereocenters. The molecule has 14 heteroatoms. The Hall–Kier alpha value is -4.06. The smallest absolute Gasteiger partial charge is 0.229 e. The Morgan fingerprint density at radius 1 is 1.00 bits per heavy atom. The highest BCUT2D eigenvalue weighted by Crippen LogP contribution is 2.44. The van der Waals surface area contributed by atoms with Gasteiger partial charge < -0.3 is 24.8 Å². The molecule has 5 aromatic rings. The number of nitrogens with zero attached hydrogens (tertiary/aromatic N) is 8. The summed E-state index contributed by atoms with van der Waals surface area (Å²) in [6.45, 7) is 7.96. The monoisotopic (exact) mass is 756 g/mol. The molecular formula is C36H42BrN10O2P. The topological polar surface area (TPSA) is 126 Å². The normalized spacial score (nSPS) is 19.5. The number of methoxy groups -OCH3 is 1. The van der Waals surface area contributed by atoms with Crippen molar-refractivity contribution in [3.05, 3.63) is 59.7 Å². The number of rotatable bonds is 10. The quantitative estimate of drug-likeness (QED) is 0.149. The van der Waals surface area contributed by atoms with E-state index in [1.807, 2.05) is 30.1 Å². The predicted molar refractivity (Wildman–Crippen MR) is 203 cm³/mol. The minimum Gasteiger partial charge on any atom is -0.494 e. The minimum atomic E-state index is -2.76. The van der Waals surface area contributed by atoms with Crippen molar-refractivity contribution in [1.82, 2.24) is 34.6 Å². The molecule has 50 heavy (non-hydrogen) atoms. The Labute approximate surface area is 300 Å². The van der Waals surface area contributed by atoms with Crippen LogP contribution in [0.1, 0.15) is 25.7 Å². The highest BCUT2D eigenvalue weighted by molar-refractivity contribution is 9.10. The molecule has 2 aromatic carbocycles. The van der Waals surface area contributed by atoms with Crippen LogP contribution in [0.5, 0.6) is 5.75 Å². The first kappa shape index (κ1) is 33.1. The molecule has 0 amide bonds. The molecule has 0 radical (unpaired) electrons. The van der Waals surface area contributed by atoms with Gasteiger partial charge >= 0.3 is 0 Å². The van der Waals surface area contributed by atoms with Crippen LogP contribution in [-0.2, 0) is 11.6 Å². The second-order valence-electron chi connectivity index (χ2n) is 14.1. The molecule has 260 valence electrons. The first-order valence-electron chi connectivity index (χ1n) is 17.2. The zero-order valence-corrected chi connectivity index (χ0v) is 31.3. The largest absolute Gasteiger partial charge is 0.494 e. The molecule has 0 spiro atoms. The van der Waals surface area contributed by atoms with E-state index in [9.17, 15) is 4.57 Å². The van der Waals surface area contributed by atoms with Crippen molar-refractivity contribution in [2.75, 3.05) is 62.2 Å². The van der Waals surface area contributed by atoms with Gasteiger partial charge in [0.1, 0.15) is 24.2 Å². The fourth-order valence-electron chi connectivity index (χ4n) is 7.63. The highest BCUT2D eigenvalue weighted by atomic mass is 79.9. The van der Waals surface area contributed by atoms with Crippen LogP contribution in [0.3, 0.4) is 0 Å². The van der Waals surface area contributed by atoms with Crippen molar-refractivity contribution in [1.29, 1.82) is 0 Å². The number of aryl methyl sites for hydroxylation is 1. The Morgan fingerprint density at radius 2 is 1.82 bits per heavy atom. The maximum absolute atomic E-state index is 13.5. The Kier molecular flexibility index (Phi) is 8.77. The first-order chi connectivity index (χ1) is 24.1. The number of piperidine rings is 1. The lowest BCUT2D eigenvalue weighted by Gasteiger charge is -2.40. The summed E-state index contributed by atoms with van der Waals surface area (Å²) in [6, 6.07) is 8.59. The number of halogens is 1. The number of ether oxygens (including phenoxy) is 1. The molecule has 2 saturated heterocycles. The minimum absolute atomic E-state index is 0.375. The predicted octanol–water partition coefficient (Wildman–Crippen LogP) is 6.64. The molecule has 2 N–H and O–H groups in total. The van der Waals surface area contributed by atoms with Crippen LogP contribution in [0.15, 0.2) is 59.7 Å². The molecule has 3 aliphatic rings. The second kappa shape index (κ2) is 13.2. The lowest BCUT2D eigenvalue weighted by Crippen LogP contribution is -2.48. The molecule has 2 atom stereocenters. The third-order valence-corrected chi connectivity index (χ3v) is 12.3. The van der Waals surface area contributed by atoms with Gasteiger partial charge in [-0.2, -0.15) is 10.1 Å². The molecule has 12 nitrogen and oxygen atoms in total. The number of aromatic nitrogens is 6. The average Bonchev–Trinajstić information content (AvgIpc) is 3.68. The third-order valence-electron chi connectivity index (χ3n) is 10.2. The van der Waals surface area contributed by atoms with Crippen molar-refractivity contribution >= 4 is 68.2 Å². The van der Waals surface area contributed by atoms with E-state index in [1.54, 1.807) is 39.0 Å². The van der Waals surface area contributed by atoms with Crippen molar-refractivity contribution in [2.24, 2.45) is 18.9 Å². The Balaban J connectivity index is 1.12. The zero-order chi connectivity index (χ0) is 34.6. The van der Waals surface area contributed by atoms with E-state index >= 15 is 0 Å². The van der Waals surface area contributed by atoms with Crippen LogP contribution in [-0.4, -0.2) is 87.3 Å². The van der Waals surface area contributed by atoms with Gasteiger partial charge in [0.2, 0.25) is 5.95 Å². The van der Waals surface area contributed by atoms with E-state index in [1.165, 1.54) is 38.8 Å². The lowest BCUT2D eigenvalue weighted by atomic mass is 9.91. The van der Waals surface area contributed by atoms with Crippen molar-refractivity contribution < 1.29 is 9.30 Å². The van der Waals surface area contributed by atoms with E-state index in [0.29, 0.717) is 50.1 Å². The van der Waals surface area contributed by atoms with Gasteiger partial charge in [0.15, 0.2) is 0 Å². The fourth-order valence-corrected chi connectivity index (χ4v) is 9.31. The number of likely N-dealkylation sites (tertiary alicyclic amines) is 1. The van der Waals surface area contributed by atoms with Crippen LogP contribution < -0.4 is 25.6 Å². The average molecular weight is 758 g/mol. The van der Waals surface area contributed by atoms with Crippen molar-refractivity contribution in [3.63, 3.8) is 0 Å². The summed E-state index contributed by atoms with van der Waals surface area (Å²) in [6.07, 6.45) is 14.2. The number of hydrogen-bond donors (Lipinski definition) is 2. The maximum atomic E-state index is 13.5. The number of anilines is 5. The van der Waals surface area contributed by atoms with Gasteiger partial charge in [-0.25, -0.2) is 4.98 Å². The maximum Gasteiger partial charge on any atom is 0.229 e. The van der Waals surface area contributed by atoms with Crippen LogP contribution in [0.2, 0.25) is 0 Å². The van der Waals surface area contributed by atoms with Gasteiger partial charge in [-0.3, -0.25) is 19.5 Å². The molecule has 8 rings (SSSR count). The molecule has 3 aromatic heterocycles. The van der Waals surface area contributed by atoms with Gasteiger partial charge in [0.25, 0.3) is 0 Å². The number of nitrogens with one attached hydrogen (secondary N) is 2. The van der Waals surface area contributed by atoms with E-state index in [2.05, 4.69) is 74.7 Å². The molecule has 0 bridgehead atoms. The van der Waals surface area contributed by atoms with Gasteiger partial charge in [0, 0.05) is 80.4 Å². The molecule has 1 saturated carbocycles. The number of hydrogen-bond acceptors (Lipinski definition) is 11. The lowest BCUT2D eigenvalue weighted by molar-refractivity contribution is 0.201. The van der Waals surface area contributed by atoms with Gasteiger partial charge in [-0.1, -0.05) is 0 Å². The van der Waals surface area contributed by atoms with E-state index < -0.39 is 7.14 Å². The van der Waals surface area contributed by atoms with E-state index in [4.69, 9.17) is 9.72 Å². The summed E-state index contributed by atoms with van der Waals surface area (Å²) < 4.78 is 22.0. The molecule has 2 aliphatic heterocycles. The fraction of sp³-hybridized carbons (Fsp3) is 0.417. The van der Waals surface area contributed by atoms with Gasteiger partial charge in [-0.15, -0.1) is 0 Å². The van der Waals surface area contributed by atoms with Crippen LogP contribution >= 0.6 is 23.1 Å². The number of benzene rings is 2. The summed E-state index contributed by atoms with van der Waals surface area (Å²) in [7, 11) is 0.877. The summed E-state index contributed by atoms with van der Waals surface area (Å²) in [4.78, 5) is 23.7. The summed E-state index contributed by atoms with van der Waals surface area (Å²) in [5, 5.41) is 12.0. The number of fused-ring (bicyclic) bond motifs is 2. The summed E-state index contributed by atoms with van der Waals surface area (Å²) >= 11 is 3.61. The first-order valence-corrected chi connectivity index (χ1v) is 20.6. The molecular weight excluding hydrogens is 715 g/mol. The standard InChI is InChI=1S/C36H42BrN10O2P/c1-45-20-24(17-41-45)25-15-29(32(49-2)16-30(25)47-14-10-23-9-13-46(31(23)21-47)19-22-5-6-22)43-36-40-18-26(37)35(44-36)42-28-8-7-27-33(39-12-11-38-27)34(28)50(3,4)48/h7-8,11-12,15-18,20,22-23,31H,5-6,9-10,13-14,19,21H2,1-4H3,(H2,40,42,43,44)/t23-,31+/m0/s1. The Bertz CT molecular complexity index is 2110. The van der Waals surface area contributed by atoms with Crippen LogP contribution in [0, 0.1) is 11.8 Å². The van der Waals surface area contributed by atoms with Gasteiger partial charge in [-0.05, 0) is 91.5 Å². The highest BCUT2D eigenvalue weighted by Gasteiger charge is 2.41. The van der Waals surface area contributed by atoms with Crippen LogP contribution in [0.4, 0.5) is 28.8 Å². The summed E-state index contributed by atoms with van der Waals surface area (Å²) in [5.41, 5.74) is 5.93. The third kappa shape index (κ3) is 6.58. The SMILES string of the molecule is COc1cc(N2CC[C@@H]3CCN(CC4CC4)[C@@H]3C2)c(-c2cnn(C)c2)cc1Nc1ncc(Br)c(Nc2ccc3nccnc3c2P(C)(C)=O)n1. The summed E-state index contributed by atoms with van der Waals surface area (Å²) in [5.74, 6) is 3.25. The molecule has 5 heterocycles. The molecule has 3 fully saturated rings. The Morgan fingerprint density at radius 3 is 2.58 bits per heavy atom. The van der Waals surface area contributed by atoms with Crippen LogP contribution in [0.25, 0.3) is 22.2 Å². The van der Waals surface area contributed by atoms with Crippen molar-refractivity contribution in [3.8, 4) is 16.9 Å². The second-order valence-corrected chi connectivity index (χ2v) is 18.1. The van der Waals surface area contributed by atoms with Crippen molar-refractivity contribution in [2.45, 2.75) is 31.7 Å².